The molecule has 1 aliphatic rings. The average Bonchev–Trinajstić information content (AvgIpc) is 2.92. The summed E-state index contributed by atoms with van der Waals surface area (Å²) in [7, 11) is -3.74. The first-order valence-electron chi connectivity index (χ1n) is 9.11. The molecular weight excluding hydrogens is 411 g/mol. The number of halogens is 1. The average molecular weight is 431 g/mol. The van der Waals surface area contributed by atoms with Gasteiger partial charge in [0.2, 0.25) is 5.91 Å². The molecule has 0 aromatic heterocycles. The Hall–Kier alpha value is -2.58. The zero-order chi connectivity index (χ0) is 20.4. The third-order valence-electron chi connectivity index (χ3n) is 4.75. The Balaban J connectivity index is 1.35. The van der Waals surface area contributed by atoms with Gasteiger partial charge in [-0.3, -0.25) is 9.10 Å². The number of thioether (sulfide) groups is 1. The Kier molecular flexibility index (Phi) is 5.47. The number of hydrogen-bond donors (Lipinski definition) is 1. The molecule has 0 saturated carbocycles. The zero-order valence-electron chi connectivity index (χ0n) is 15.5. The second kappa shape index (κ2) is 8.04. The lowest BCUT2D eigenvalue weighted by Gasteiger charge is -2.18. The predicted molar refractivity (Wildman–Crippen MR) is 114 cm³/mol. The molecule has 0 spiro atoms. The van der Waals surface area contributed by atoms with E-state index in [0.717, 1.165) is 9.69 Å². The molecule has 0 atom stereocenters. The number of benzene rings is 3. The molecule has 1 aliphatic heterocycles. The summed E-state index contributed by atoms with van der Waals surface area (Å²) in [5.41, 5.74) is 1.15. The summed E-state index contributed by atoms with van der Waals surface area (Å²) in [6, 6.07) is 17.1. The number of carbonyl (C=O) groups excluding carboxylic acids is 1. The summed E-state index contributed by atoms with van der Waals surface area (Å²) in [6.45, 7) is 0.108. The summed E-state index contributed by atoms with van der Waals surface area (Å²) in [6.07, 6.45) is 0. The first-order chi connectivity index (χ1) is 14.0. The molecule has 1 heterocycles. The third kappa shape index (κ3) is 3.82. The van der Waals surface area contributed by atoms with Crippen molar-refractivity contribution in [2.75, 3.05) is 23.1 Å². The van der Waals surface area contributed by atoms with E-state index in [1.165, 1.54) is 17.8 Å². The van der Waals surface area contributed by atoms with Gasteiger partial charge in [0.1, 0.15) is 12.4 Å². The monoisotopic (exact) mass is 430 g/mol. The van der Waals surface area contributed by atoms with E-state index in [0.29, 0.717) is 34.7 Å². The van der Waals surface area contributed by atoms with Gasteiger partial charge in [-0.1, -0.05) is 42.5 Å². The smallest absolute Gasteiger partial charge is 0.265 e. The minimum Gasteiger partial charge on any atom is -0.354 e. The lowest BCUT2D eigenvalue weighted by molar-refractivity contribution is -0.119. The zero-order valence-corrected chi connectivity index (χ0v) is 17.1. The van der Waals surface area contributed by atoms with Crippen LogP contribution in [0.1, 0.15) is 5.56 Å². The van der Waals surface area contributed by atoms with Crippen molar-refractivity contribution in [2.45, 2.75) is 10.6 Å². The van der Waals surface area contributed by atoms with Gasteiger partial charge in [-0.05, 0) is 29.1 Å². The first kappa shape index (κ1) is 19.7. The minimum atomic E-state index is -3.74. The highest BCUT2D eigenvalue weighted by Gasteiger charge is 2.36. The number of sulfonamides is 1. The molecular formula is C21H19FN2O3S2. The Morgan fingerprint density at radius 2 is 1.79 bits per heavy atom. The SMILES string of the molecule is O=C(CN1c2cccc3cccc(c23)S1(=O)=O)NCCSCc1ccccc1F. The number of nitrogens with zero attached hydrogens (tertiary/aromatic N) is 1. The van der Waals surface area contributed by atoms with Crippen molar-refractivity contribution in [2.24, 2.45) is 0 Å². The van der Waals surface area contributed by atoms with E-state index in [2.05, 4.69) is 5.32 Å². The Morgan fingerprint density at radius 1 is 1.03 bits per heavy atom. The molecule has 4 rings (SSSR count). The van der Waals surface area contributed by atoms with Gasteiger partial charge in [0.15, 0.2) is 0 Å². The predicted octanol–water partition coefficient (Wildman–Crippen LogP) is 3.54. The van der Waals surface area contributed by atoms with Crippen LogP contribution in [0.5, 0.6) is 0 Å². The number of amides is 1. The van der Waals surface area contributed by atoms with E-state index in [4.69, 9.17) is 0 Å². The Morgan fingerprint density at radius 3 is 2.59 bits per heavy atom. The number of anilines is 1. The fourth-order valence-corrected chi connectivity index (χ4v) is 5.89. The fourth-order valence-electron chi connectivity index (χ4n) is 3.38. The largest absolute Gasteiger partial charge is 0.354 e. The maximum absolute atomic E-state index is 13.6. The highest BCUT2D eigenvalue weighted by Crippen LogP contribution is 2.41. The minimum absolute atomic E-state index is 0.235. The van der Waals surface area contributed by atoms with Gasteiger partial charge < -0.3 is 5.32 Å². The fraction of sp³-hybridized carbons (Fsp3) is 0.190. The molecule has 0 bridgehead atoms. The number of nitrogens with one attached hydrogen (secondary N) is 1. The molecule has 0 unspecified atom stereocenters. The van der Waals surface area contributed by atoms with E-state index in [1.807, 2.05) is 12.1 Å². The summed E-state index contributed by atoms with van der Waals surface area (Å²) < 4.78 is 40.5. The van der Waals surface area contributed by atoms with Crippen LogP contribution < -0.4 is 9.62 Å². The van der Waals surface area contributed by atoms with E-state index in [-0.39, 0.29) is 23.2 Å². The van der Waals surface area contributed by atoms with Gasteiger partial charge in [-0.2, -0.15) is 11.8 Å². The van der Waals surface area contributed by atoms with Crippen molar-refractivity contribution in [3.05, 3.63) is 72.0 Å². The van der Waals surface area contributed by atoms with Crippen LogP contribution in [-0.2, 0) is 20.6 Å². The van der Waals surface area contributed by atoms with E-state index < -0.39 is 10.0 Å². The normalized spacial score (nSPS) is 14.3. The molecule has 5 nitrogen and oxygen atoms in total. The second-order valence-corrected chi connectivity index (χ2v) is 9.57. The van der Waals surface area contributed by atoms with Gasteiger partial charge in [-0.15, -0.1) is 0 Å². The summed E-state index contributed by atoms with van der Waals surface area (Å²) in [4.78, 5) is 12.6. The maximum Gasteiger partial charge on any atom is 0.265 e. The van der Waals surface area contributed by atoms with Crippen LogP contribution in [-0.4, -0.2) is 33.2 Å². The van der Waals surface area contributed by atoms with Crippen LogP contribution >= 0.6 is 11.8 Å². The van der Waals surface area contributed by atoms with E-state index >= 15 is 0 Å². The molecule has 1 amide bonds. The second-order valence-electron chi connectivity index (χ2n) is 6.64. The number of rotatable bonds is 7. The van der Waals surface area contributed by atoms with Crippen LogP contribution in [0.2, 0.25) is 0 Å². The molecule has 3 aromatic carbocycles. The van der Waals surface area contributed by atoms with Gasteiger partial charge in [0.25, 0.3) is 10.0 Å². The van der Waals surface area contributed by atoms with Crippen LogP contribution in [0, 0.1) is 5.82 Å². The summed E-state index contributed by atoms with van der Waals surface area (Å²) in [5, 5.41) is 4.23. The quantitative estimate of drug-likeness (QED) is 0.583. The Labute approximate surface area is 173 Å². The van der Waals surface area contributed by atoms with Crippen molar-refractivity contribution in [3.63, 3.8) is 0 Å². The van der Waals surface area contributed by atoms with Gasteiger partial charge >= 0.3 is 0 Å². The Bertz CT molecular complexity index is 1180. The molecule has 0 saturated heterocycles. The molecule has 3 aromatic rings. The van der Waals surface area contributed by atoms with Crippen LogP contribution in [0.4, 0.5) is 10.1 Å². The molecule has 150 valence electrons. The molecule has 8 heteroatoms. The highest BCUT2D eigenvalue weighted by molar-refractivity contribution is 7.98. The number of carbonyl (C=O) groups is 1. The van der Waals surface area contributed by atoms with Crippen molar-refractivity contribution >= 4 is 44.2 Å². The van der Waals surface area contributed by atoms with E-state index in [1.54, 1.807) is 42.5 Å². The van der Waals surface area contributed by atoms with Crippen molar-refractivity contribution in [1.29, 1.82) is 0 Å². The highest BCUT2D eigenvalue weighted by atomic mass is 32.2. The summed E-state index contributed by atoms with van der Waals surface area (Å²) in [5.74, 6) is 0.505. The lowest BCUT2D eigenvalue weighted by atomic mass is 10.1. The van der Waals surface area contributed by atoms with Crippen molar-refractivity contribution in [3.8, 4) is 0 Å². The summed E-state index contributed by atoms with van der Waals surface area (Å²) >= 11 is 1.50. The van der Waals surface area contributed by atoms with Gasteiger partial charge in [0.05, 0.1) is 10.6 Å². The molecule has 0 fully saturated rings. The van der Waals surface area contributed by atoms with Crippen LogP contribution in [0.25, 0.3) is 10.8 Å². The standard InChI is InChI=1S/C21H19FN2O3S2/c22-17-8-2-1-5-16(17)14-28-12-11-23-20(25)13-24-18-9-3-6-15-7-4-10-19(21(15)18)29(24,26)27/h1-10H,11-14H2,(H,23,25). The van der Waals surface area contributed by atoms with Gasteiger partial charge in [-0.25, -0.2) is 12.8 Å². The van der Waals surface area contributed by atoms with Crippen molar-refractivity contribution < 1.29 is 17.6 Å². The molecule has 29 heavy (non-hydrogen) atoms. The van der Waals surface area contributed by atoms with Crippen LogP contribution in [0.15, 0.2) is 65.6 Å². The van der Waals surface area contributed by atoms with E-state index in [9.17, 15) is 17.6 Å². The van der Waals surface area contributed by atoms with Gasteiger partial charge in [0, 0.05) is 23.4 Å². The lowest BCUT2D eigenvalue weighted by Crippen LogP contribution is -2.39. The molecule has 0 radical (unpaired) electrons. The topological polar surface area (TPSA) is 66.5 Å². The first-order valence-corrected chi connectivity index (χ1v) is 11.7. The molecule has 0 aliphatic carbocycles. The maximum atomic E-state index is 13.6. The third-order valence-corrected chi connectivity index (χ3v) is 7.56. The molecule has 1 N–H and O–H groups in total. The number of hydrogen-bond acceptors (Lipinski definition) is 4. The van der Waals surface area contributed by atoms with Crippen molar-refractivity contribution in [1.82, 2.24) is 5.32 Å². The van der Waals surface area contributed by atoms with Crippen LogP contribution in [0.3, 0.4) is 0 Å².